The van der Waals surface area contributed by atoms with E-state index < -0.39 is 28.5 Å². The van der Waals surface area contributed by atoms with Gasteiger partial charge in [0.05, 0.1) is 10.6 Å². The van der Waals surface area contributed by atoms with Crippen LogP contribution in [0, 0.1) is 6.92 Å². The topological polar surface area (TPSA) is 86.8 Å². The van der Waals surface area contributed by atoms with Crippen molar-refractivity contribution in [2.75, 3.05) is 10.8 Å². The lowest BCUT2D eigenvalue weighted by molar-refractivity contribution is -0.140. The largest absolute Gasteiger partial charge is 0.352 e. The molecule has 2 amide bonds. The van der Waals surface area contributed by atoms with E-state index in [2.05, 4.69) is 5.32 Å². The van der Waals surface area contributed by atoms with Crippen LogP contribution < -0.4 is 9.62 Å². The molecular formula is C31H34Cl3N3O4S. The maximum atomic E-state index is 14.3. The van der Waals surface area contributed by atoms with Crippen LogP contribution in [0.1, 0.15) is 50.2 Å². The van der Waals surface area contributed by atoms with Crippen molar-refractivity contribution in [3.63, 3.8) is 0 Å². The molecule has 0 spiro atoms. The number of carbonyl (C=O) groups is 2. The molecule has 11 heteroatoms. The molecule has 0 aliphatic heterocycles. The highest BCUT2D eigenvalue weighted by molar-refractivity contribution is 7.92. The molecule has 1 aliphatic rings. The molecule has 1 saturated carbocycles. The van der Waals surface area contributed by atoms with Crippen LogP contribution in [0.4, 0.5) is 5.69 Å². The predicted molar refractivity (Wildman–Crippen MR) is 169 cm³/mol. The average Bonchev–Trinajstić information content (AvgIpc) is 3.46. The molecule has 0 radical (unpaired) electrons. The Balaban J connectivity index is 1.75. The Labute approximate surface area is 262 Å². The predicted octanol–water partition coefficient (Wildman–Crippen LogP) is 7.02. The highest BCUT2D eigenvalue weighted by Gasteiger charge is 2.35. The third-order valence-corrected chi connectivity index (χ3v) is 10.1. The van der Waals surface area contributed by atoms with E-state index in [1.54, 1.807) is 61.5 Å². The van der Waals surface area contributed by atoms with Gasteiger partial charge in [0, 0.05) is 27.7 Å². The van der Waals surface area contributed by atoms with Crippen molar-refractivity contribution in [2.24, 2.45) is 0 Å². The summed E-state index contributed by atoms with van der Waals surface area (Å²) in [5.74, 6) is -0.828. The number of hydrogen-bond acceptors (Lipinski definition) is 4. The first-order valence-electron chi connectivity index (χ1n) is 13.9. The summed E-state index contributed by atoms with van der Waals surface area (Å²) < 4.78 is 29.1. The Kier molecular flexibility index (Phi) is 10.8. The lowest BCUT2D eigenvalue weighted by atomic mass is 10.1. The highest BCUT2D eigenvalue weighted by atomic mass is 35.5. The van der Waals surface area contributed by atoms with Crippen molar-refractivity contribution < 1.29 is 18.0 Å². The van der Waals surface area contributed by atoms with Gasteiger partial charge in [0.25, 0.3) is 10.0 Å². The average molecular weight is 651 g/mol. The zero-order chi connectivity index (χ0) is 30.4. The van der Waals surface area contributed by atoms with Gasteiger partial charge in [-0.25, -0.2) is 8.42 Å². The summed E-state index contributed by atoms with van der Waals surface area (Å²) in [7, 11) is -4.18. The molecule has 0 aromatic heterocycles. The van der Waals surface area contributed by atoms with Gasteiger partial charge in [-0.2, -0.15) is 0 Å². The molecule has 3 aromatic rings. The molecule has 42 heavy (non-hydrogen) atoms. The van der Waals surface area contributed by atoms with Gasteiger partial charge < -0.3 is 10.2 Å². The van der Waals surface area contributed by atoms with E-state index in [0.717, 1.165) is 30.0 Å². The van der Waals surface area contributed by atoms with Gasteiger partial charge in [0.2, 0.25) is 11.8 Å². The van der Waals surface area contributed by atoms with Crippen LogP contribution in [0.5, 0.6) is 0 Å². The molecule has 0 unspecified atom stereocenters. The Morgan fingerprint density at radius 3 is 2.21 bits per heavy atom. The maximum absolute atomic E-state index is 14.3. The summed E-state index contributed by atoms with van der Waals surface area (Å²) in [5.41, 5.74) is 1.47. The van der Waals surface area contributed by atoms with Crippen molar-refractivity contribution >= 4 is 62.3 Å². The van der Waals surface area contributed by atoms with Crippen LogP contribution >= 0.6 is 34.8 Å². The molecule has 7 nitrogen and oxygen atoms in total. The second-order valence-corrected chi connectivity index (χ2v) is 13.6. The standard InChI is InChI=1S/C31H34Cl3N3O4S/c1-3-28(31(39)35-25-9-7-8-10-25)36(19-22-13-14-24(33)18-27(22)34)30(38)20-37(29-16-15-23(32)17-21(29)2)42(40,41)26-11-5-4-6-12-26/h4-6,11-18,25,28H,3,7-10,19-20H2,1-2H3,(H,35,39)/t28-/m0/s1. The molecule has 1 fully saturated rings. The number of aryl methyl sites for hydroxylation is 1. The van der Waals surface area contributed by atoms with Crippen molar-refractivity contribution in [1.29, 1.82) is 0 Å². The second-order valence-electron chi connectivity index (χ2n) is 10.4. The lowest BCUT2D eigenvalue weighted by Crippen LogP contribution is -2.53. The summed E-state index contributed by atoms with van der Waals surface area (Å²) >= 11 is 18.8. The fourth-order valence-corrected chi connectivity index (χ4v) is 7.45. The smallest absolute Gasteiger partial charge is 0.264 e. The number of nitrogens with zero attached hydrogens (tertiary/aromatic N) is 2. The first-order chi connectivity index (χ1) is 20.0. The van der Waals surface area contributed by atoms with E-state index >= 15 is 0 Å². The number of hydrogen-bond donors (Lipinski definition) is 1. The fraction of sp³-hybridized carbons (Fsp3) is 0.355. The Hall–Kier alpha value is -2.78. The van der Waals surface area contributed by atoms with Crippen LogP contribution in [0.15, 0.2) is 71.6 Å². The zero-order valence-corrected chi connectivity index (χ0v) is 26.6. The van der Waals surface area contributed by atoms with Crippen LogP contribution in [0.3, 0.4) is 0 Å². The maximum Gasteiger partial charge on any atom is 0.264 e. The normalized spacial score (nSPS) is 14.4. The third kappa shape index (κ3) is 7.59. The highest BCUT2D eigenvalue weighted by Crippen LogP contribution is 2.30. The van der Waals surface area contributed by atoms with E-state index in [1.165, 1.54) is 17.0 Å². The number of anilines is 1. The number of amides is 2. The fourth-order valence-electron chi connectivity index (χ4n) is 5.25. The van der Waals surface area contributed by atoms with Crippen molar-refractivity contribution in [3.05, 3.63) is 92.9 Å². The molecule has 3 aromatic carbocycles. The molecular weight excluding hydrogens is 617 g/mol. The third-order valence-electron chi connectivity index (χ3n) is 7.48. The quantitative estimate of drug-likeness (QED) is 0.242. The van der Waals surface area contributed by atoms with Gasteiger partial charge in [-0.15, -0.1) is 0 Å². The number of sulfonamides is 1. The van der Waals surface area contributed by atoms with Crippen LogP contribution in [0.2, 0.25) is 15.1 Å². The first kappa shape index (κ1) is 32.1. The zero-order valence-electron chi connectivity index (χ0n) is 23.5. The number of rotatable bonds is 11. The molecule has 1 N–H and O–H groups in total. The number of carbonyl (C=O) groups excluding carboxylic acids is 2. The van der Waals surface area contributed by atoms with Gasteiger partial charge in [-0.3, -0.25) is 13.9 Å². The summed E-state index contributed by atoms with van der Waals surface area (Å²) in [4.78, 5) is 29.3. The molecule has 1 aliphatic carbocycles. The molecule has 0 bridgehead atoms. The monoisotopic (exact) mass is 649 g/mol. The Morgan fingerprint density at radius 1 is 0.952 bits per heavy atom. The van der Waals surface area contributed by atoms with Gasteiger partial charge in [-0.05, 0) is 79.8 Å². The van der Waals surface area contributed by atoms with E-state index in [9.17, 15) is 18.0 Å². The van der Waals surface area contributed by atoms with Crippen LogP contribution in [0.25, 0.3) is 0 Å². The van der Waals surface area contributed by atoms with E-state index in [0.29, 0.717) is 38.3 Å². The van der Waals surface area contributed by atoms with E-state index in [-0.39, 0.29) is 23.4 Å². The van der Waals surface area contributed by atoms with Gasteiger partial charge in [-0.1, -0.05) is 78.8 Å². The number of nitrogens with one attached hydrogen (secondary N) is 1. The van der Waals surface area contributed by atoms with Crippen LogP contribution in [-0.4, -0.2) is 43.8 Å². The van der Waals surface area contributed by atoms with Crippen LogP contribution in [-0.2, 0) is 26.2 Å². The summed E-state index contributed by atoms with van der Waals surface area (Å²) in [6.45, 7) is 3.00. The summed E-state index contributed by atoms with van der Waals surface area (Å²) in [6, 6.07) is 16.9. The van der Waals surface area contributed by atoms with Gasteiger partial charge in [0.15, 0.2) is 0 Å². The molecule has 0 saturated heterocycles. The summed E-state index contributed by atoms with van der Waals surface area (Å²) in [5, 5.41) is 4.31. The van der Waals surface area contributed by atoms with Crippen molar-refractivity contribution in [1.82, 2.24) is 10.2 Å². The summed E-state index contributed by atoms with van der Waals surface area (Å²) in [6.07, 6.45) is 4.17. The van der Waals surface area contributed by atoms with E-state index in [1.807, 2.05) is 6.92 Å². The molecule has 1 atom stereocenters. The SMILES string of the molecule is CC[C@@H](C(=O)NC1CCCC1)N(Cc1ccc(Cl)cc1Cl)C(=O)CN(c1ccc(Cl)cc1C)S(=O)(=O)c1ccccc1. The minimum Gasteiger partial charge on any atom is -0.352 e. The van der Waals surface area contributed by atoms with Crippen molar-refractivity contribution in [2.45, 2.75) is 69.5 Å². The van der Waals surface area contributed by atoms with Crippen molar-refractivity contribution in [3.8, 4) is 0 Å². The van der Waals surface area contributed by atoms with E-state index in [4.69, 9.17) is 34.8 Å². The number of benzene rings is 3. The Morgan fingerprint density at radius 2 is 1.60 bits per heavy atom. The van der Waals surface area contributed by atoms with Gasteiger partial charge in [0.1, 0.15) is 12.6 Å². The van der Waals surface area contributed by atoms with Gasteiger partial charge >= 0.3 is 0 Å². The molecule has 0 heterocycles. The number of halogens is 3. The molecule has 224 valence electrons. The minimum absolute atomic E-state index is 0.00967. The minimum atomic E-state index is -4.18. The molecule has 4 rings (SSSR count). The lowest BCUT2D eigenvalue weighted by Gasteiger charge is -2.34. The second kappa shape index (κ2) is 14.1. The first-order valence-corrected chi connectivity index (χ1v) is 16.5. The Bertz CT molecular complexity index is 1530.